The molecule has 74 valence electrons. The van der Waals surface area contributed by atoms with Crippen molar-refractivity contribution in [2.24, 2.45) is 17.6 Å². The molecule has 1 aliphatic rings. The van der Waals surface area contributed by atoms with Crippen molar-refractivity contribution in [1.82, 2.24) is 0 Å². The highest BCUT2D eigenvalue weighted by atomic mass is 35.5. The topological polar surface area (TPSA) is 26.0 Å². The molecule has 1 saturated carbocycles. The van der Waals surface area contributed by atoms with Crippen LogP contribution in [0.25, 0.3) is 0 Å². The number of nitrogens with two attached hydrogens (primary N) is 1. The molecule has 0 spiro atoms. The lowest BCUT2D eigenvalue weighted by molar-refractivity contribution is -0.213. The van der Waals surface area contributed by atoms with Crippen LogP contribution < -0.4 is 5.73 Å². The molecule has 0 saturated heterocycles. The Bertz CT molecular complexity index is 137. The molecule has 0 aromatic rings. The average Bonchev–Trinajstić information content (AvgIpc) is 1.75. The lowest BCUT2D eigenvalue weighted by Crippen LogP contribution is -2.39. The van der Waals surface area contributed by atoms with Crippen LogP contribution in [0.4, 0.5) is 13.2 Å². The summed E-state index contributed by atoms with van der Waals surface area (Å²) >= 11 is 0. The molecule has 1 aliphatic carbocycles. The molecule has 2 N–H and O–H groups in total. The van der Waals surface area contributed by atoms with Gasteiger partial charge < -0.3 is 5.73 Å². The largest absolute Gasteiger partial charge is 0.392 e. The maximum atomic E-state index is 12.0. The van der Waals surface area contributed by atoms with Crippen molar-refractivity contribution >= 4 is 12.4 Å². The van der Waals surface area contributed by atoms with E-state index in [1.165, 1.54) is 0 Å². The third kappa shape index (κ3) is 2.52. The first-order valence-electron chi connectivity index (χ1n) is 3.82. The SMILES string of the molecule is Cl.NCC[C@@H]1CC[C@H]1C(F)(F)F. The summed E-state index contributed by atoms with van der Waals surface area (Å²) in [6.07, 6.45) is -2.47. The third-order valence-corrected chi connectivity index (χ3v) is 2.38. The lowest BCUT2D eigenvalue weighted by atomic mass is 9.71. The van der Waals surface area contributed by atoms with E-state index < -0.39 is 12.1 Å². The van der Waals surface area contributed by atoms with Crippen LogP contribution in [0.3, 0.4) is 0 Å². The van der Waals surface area contributed by atoms with Gasteiger partial charge in [-0.1, -0.05) is 0 Å². The smallest absolute Gasteiger partial charge is 0.330 e. The number of halogens is 4. The zero-order valence-electron chi connectivity index (χ0n) is 6.60. The molecule has 2 atom stereocenters. The minimum Gasteiger partial charge on any atom is -0.330 e. The molecule has 0 aliphatic heterocycles. The van der Waals surface area contributed by atoms with Gasteiger partial charge in [-0.15, -0.1) is 12.4 Å². The van der Waals surface area contributed by atoms with Crippen molar-refractivity contribution in [3.8, 4) is 0 Å². The second-order valence-electron chi connectivity index (χ2n) is 3.06. The lowest BCUT2D eigenvalue weighted by Gasteiger charge is -2.37. The van der Waals surface area contributed by atoms with Gasteiger partial charge in [-0.25, -0.2) is 0 Å². The van der Waals surface area contributed by atoms with Gasteiger partial charge in [-0.2, -0.15) is 13.2 Å². The highest BCUT2D eigenvalue weighted by Gasteiger charge is 2.48. The van der Waals surface area contributed by atoms with Gasteiger partial charge >= 0.3 is 6.18 Å². The van der Waals surface area contributed by atoms with E-state index in [0.29, 0.717) is 25.8 Å². The fourth-order valence-corrected chi connectivity index (χ4v) is 1.56. The maximum absolute atomic E-state index is 12.0. The summed E-state index contributed by atoms with van der Waals surface area (Å²) in [5, 5.41) is 0. The van der Waals surface area contributed by atoms with Gasteiger partial charge in [0.2, 0.25) is 0 Å². The summed E-state index contributed by atoms with van der Waals surface area (Å²) in [5.74, 6) is -1.26. The number of hydrogen-bond acceptors (Lipinski definition) is 1. The minimum absolute atomic E-state index is 0. The third-order valence-electron chi connectivity index (χ3n) is 2.38. The Hall–Kier alpha value is 0.0400. The molecule has 0 heterocycles. The Kier molecular flexibility index (Phi) is 4.34. The molecule has 0 bridgehead atoms. The van der Waals surface area contributed by atoms with Crippen molar-refractivity contribution in [3.63, 3.8) is 0 Å². The Balaban J connectivity index is 0.00000121. The van der Waals surface area contributed by atoms with Crippen LogP contribution in [0.15, 0.2) is 0 Å². The molecule has 0 aromatic carbocycles. The van der Waals surface area contributed by atoms with E-state index in [9.17, 15) is 13.2 Å². The second kappa shape index (κ2) is 4.33. The molecular weight excluding hydrogens is 191 g/mol. The Labute approximate surface area is 75.9 Å². The van der Waals surface area contributed by atoms with Crippen LogP contribution in [0, 0.1) is 11.8 Å². The highest BCUT2D eigenvalue weighted by molar-refractivity contribution is 5.85. The summed E-state index contributed by atoms with van der Waals surface area (Å²) in [7, 11) is 0. The fraction of sp³-hybridized carbons (Fsp3) is 1.00. The summed E-state index contributed by atoms with van der Waals surface area (Å²) in [6, 6.07) is 0. The van der Waals surface area contributed by atoms with Gasteiger partial charge in [0, 0.05) is 0 Å². The quantitative estimate of drug-likeness (QED) is 0.733. The predicted molar refractivity (Wildman–Crippen MR) is 43.2 cm³/mol. The molecule has 0 amide bonds. The van der Waals surface area contributed by atoms with E-state index in [1.807, 2.05) is 0 Å². The Morgan fingerprint density at radius 2 is 1.83 bits per heavy atom. The summed E-state index contributed by atoms with van der Waals surface area (Å²) in [5.41, 5.74) is 5.18. The van der Waals surface area contributed by atoms with Crippen LogP contribution in [0.1, 0.15) is 19.3 Å². The Morgan fingerprint density at radius 3 is 2.08 bits per heavy atom. The summed E-state index contributed by atoms with van der Waals surface area (Å²) < 4.78 is 36.1. The first-order valence-corrected chi connectivity index (χ1v) is 3.82. The van der Waals surface area contributed by atoms with Gasteiger partial charge in [0.15, 0.2) is 0 Å². The molecule has 1 nitrogen and oxygen atoms in total. The van der Waals surface area contributed by atoms with E-state index in [0.717, 1.165) is 0 Å². The standard InChI is InChI=1S/C7H12F3N.ClH/c8-7(9,10)6-2-1-5(6)3-4-11;/h5-6H,1-4,11H2;1H/t5-,6+;/m0./s1. The zero-order chi connectivity index (χ0) is 8.48. The monoisotopic (exact) mass is 203 g/mol. The molecule has 0 radical (unpaired) electrons. The summed E-state index contributed by atoms with van der Waals surface area (Å²) in [6.45, 7) is 0.372. The second-order valence-corrected chi connectivity index (χ2v) is 3.06. The zero-order valence-corrected chi connectivity index (χ0v) is 7.42. The van der Waals surface area contributed by atoms with E-state index in [4.69, 9.17) is 5.73 Å². The van der Waals surface area contributed by atoms with E-state index >= 15 is 0 Å². The van der Waals surface area contributed by atoms with Crippen molar-refractivity contribution in [1.29, 1.82) is 0 Å². The highest BCUT2D eigenvalue weighted by Crippen LogP contribution is 2.46. The van der Waals surface area contributed by atoms with Crippen LogP contribution in [0.2, 0.25) is 0 Å². The minimum atomic E-state index is -3.99. The van der Waals surface area contributed by atoms with Crippen molar-refractivity contribution < 1.29 is 13.2 Å². The molecule has 5 heteroatoms. The maximum Gasteiger partial charge on any atom is 0.392 e. The van der Waals surface area contributed by atoms with E-state index in [1.54, 1.807) is 0 Å². The van der Waals surface area contributed by atoms with Gasteiger partial charge in [0.05, 0.1) is 5.92 Å². The van der Waals surface area contributed by atoms with Gasteiger partial charge in [0.1, 0.15) is 0 Å². The van der Waals surface area contributed by atoms with Crippen molar-refractivity contribution in [2.75, 3.05) is 6.54 Å². The normalized spacial score (nSPS) is 29.0. The van der Waals surface area contributed by atoms with Crippen molar-refractivity contribution in [2.45, 2.75) is 25.4 Å². The van der Waals surface area contributed by atoms with Crippen molar-refractivity contribution in [3.05, 3.63) is 0 Å². The summed E-state index contributed by atoms with van der Waals surface area (Å²) in [4.78, 5) is 0. The molecule has 12 heavy (non-hydrogen) atoms. The van der Waals surface area contributed by atoms with E-state index in [2.05, 4.69) is 0 Å². The van der Waals surface area contributed by atoms with Crippen LogP contribution >= 0.6 is 12.4 Å². The van der Waals surface area contributed by atoms with Crippen LogP contribution in [0.5, 0.6) is 0 Å². The Morgan fingerprint density at radius 1 is 1.25 bits per heavy atom. The van der Waals surface area contributed by atoms with E-state index in [-0.39, 0.29) is 18.3 Å². The van der Waals surface area contributed by atoms with Crippen LogP contribution in [-0.2, 0) is 0 Å². The molecular formula is C7H13ClF3N. The van der Waals surface area contributed by atoms with Gasteiger partial charge in [-0.3, -0.25) is 0 Å². The molecule has 0 unspecified atom stereocenters. The van der Waals surface area contributed by atoms with Gasteiger partial charge in [0.25, 0.3) is 0 Å². The number of alkyl halides is 3. The number of hydrogen-bond donors (Lipinski definition) is 1. The first-order chi connectivity index (χ1) is 5.05. The molecule has 0 aromatic heterocycles. The van der Waals surface area contributed by atoms with Crippen LogP contribution in [-0.4, -0.2) is 12.7 Å². The van der Waals surface area contributed by atoms with Gasteiger partial charge in [-0.05, 0) is 31.7 Å². The average molecular weight is 204 g/mol. The number of rotatable bonds is 2. The predicted octanol–water partition coefficient (Wildman–Crippen LogP) is 2.35. The first kappa shape index (κ1) is 12.0. The molecule has 1 fully saturated rings. The molecule has 1 rings (SSSR count). The fourth-order valence-electron chi connectivity index (χ4n) is 1.56.